The topological polar surface area (TPSA) is 38.3 Å². The molecule has 1 amide bonds. The fourth-order valence-corrected chi connectivity index (χ4v) is 2.25. The number of nitrogens with one attached hydrogen (secondary N) is 1. The van der Waals surface area contributed by atoms with Crippen LogP contribution in [0.1, 0.15) is 11.1 Å². The van der Waals surface area contributed by atoms with E-state index in [1.54, 1.807) is 5.32 Å². The van der Waals surface area contributed by atoms with E-state index >= 15 is 0 Å². The molecule has 1 N–H and O–H groups in total. The van der Waals surface area contributed by atoms with Gasteiger partial charge in [0.25, 0.3) is 5.91 Å². The van der Waals surface area contributed by atoms with Crippen LogP contribution in [0.3, 0.4) is 0 Å². The number of halogens is 9. The first-order chi connectivity index (χ1) is 11.6. The largest absolute Gasteiger partial charge is 0.464 e. The van der Waals surface area contributed by atoms with Gasteiger partial charge in [-0.05, 0) is 24.3 Å². The Labute approximate surface area is 139 Å². The lowest BCUT2D eigenvalue weighted by molar-refractivity contribution is -0.338. The predicted molar refractivity (Wildman–Crippen MR) is 69.0 cm³/mol. The lowest BCUT2D eigenvalue weighted by Crippen LogP contribution is -2.61. The van der Waals surface area contributed by atoms with E-state index < -0.39 is 58.6 Å². The molecule has 3 nitrogen and oxygen atoms in total. The highest BCUT2D eigenvalue weighted by Crippen LogP contribution is 2.52. The molecule has 26 heavy (non-hydrogen) atoms. The van der Waals surface area contributed by atoms with Crippen molar-refractivity contribution in [3.05, 3.63) is 35.4 Å². The summed E-state index contributed by atoms with van der Waals surface area (Å²) in [6.45, 7) is 0. The Morgan fingerprint density at radius 2 is 1.54 bits per heavy atom. The molecule has 12 heteroatoms. The van der Waals surface area contributed by atoms with Crippen molar-refractivity contribution in [2.75, 3.05) is 7.05 Å². The minimum atomic E-state index is -6.04. The van der Waals surface area contributed by atoms with Crippen LogP contribution in [0.2, 0.25) is 0 Å². The summed E-state index contributed by atoms with van der Waals surface area (Å²) in [5, 5.41) is 1.80. The molecule has 0 fully saturated rings. The van der Waals surface area contributed by atoms with Crippen LogP contribution in [0.4, 0.5) is 39.5 Å². The van der Waals surface area contributed by atoms with E-state index in [-0.39, 0.29) is 12.1 Å². The Morgan fingerprint density at radius 3 is 1.96 bits per heavy atom. The molecular weight excluding hydrogens is 385 g/mol. The number of carbonyl (C=O) groups excluding carboxylic acids is 1. The number of alkyl halides is 9. The van der Waals surface area contributed by atoms with Gasteiger partial charge >= 0.3 is 24.1 Å². The molecule has 0 bridgehead atoms. The number of carbonyl (C=O) groups is 1. The van der Waals surface area contributed by atoms with Gasteiger partial charge in [-0.3, -0.25) is 4.79 Å². The van der Waals surface area contributed by atoms with Crippen molar-refractivity contribution >= 4 is 11.5 Å². The van der Waals surface area contributed by atoms with Crippen molar-refractivity contribution in [3.63, 3.8) is 0 Å². The molecule has 0 spiro atoms. The van der Waals surface area contributed by atoms with Crippen LogP contribution in [0.25, 0.3) is 5.57 Å². The number of likely N-dealkylation sites (N-methyl/N-ethyl adjacent to an activating group) is 1. The van der Waals surface area contributed by atoms with E-state index in [0.29, 0.717) is 6.07 Å². The maximum Gasteiger partial charge on any atom is 0.441 e. The van der Waals surface area contributed by atoms with Gasteiger partial charge < -0.3 is 10.1 Å². The normalized spacial score (nSPS) is 17.1. The van der Waals surface area contributed by atoms with Gasteiger partial charge in [-0.15, -0.1) is 0 Å². The predicted octanol–water partition coefficient (Wildman–Crippen LogP) is 4.09. The minimum absolute atomic E-state index is 0.243. The first-order valence-corrected chi connectivity index (χ1v) is 6.63. The van der Waals surface area contributed by atoms with Crippen LogP contribution in [0, 0.1) is 0 Å². The lowest BCUT2D eigenvalue weighted by Gasteiger charge is -2.38. The second-order valence-corrected chi connectivity index (χ2v) is 5.18. The number of ether oxygens (including phenoxy) is 1. The first kappa shape index (κ1) is 19.9. The van der Waals surface area contributed by atoms with Gasteiger partial charge in [0.1, 0.15) is 5.75 Å². The molecule has 0 saturated heterocycles. The van der Waals surface area contributed by atoms with Crippen molar-refractivity contribution in [2.24, 2.45) is 0 Å². The average molecular weight is 393 g/mol. The summed E-state index contributed by atoms with van der Waals surface area (Å²) in [7, 11) is 0.898. The highest BCUT2D eigenvalue weighted by molar-refractivity contribution is 6.20. The Morgan fingerprint density at radius 1 is 1.00 bits per heavy atom. The summed E-state index contributed by atoms with van der Waals surface area (Å²) in [5.74, 6) is -2.60. The molecule has 2 rings (SSSR count). The number of rotatable bonds is 1. The van der Waals surface area contributed by atoms with Crippen LogP contribution in [0.5, 0.6) is 5.75 Å². The molecule has 0 aliphatic carbocycles. The zero-order chi connectivity index (χ0) is 20.1. The van der Waals surface area contributed by atoms with E-state index in [1.807, 2.05) is 0 Å². The third-order valence-electron chi connectivity index (χ3n) is 3.53. The summed E-state index contributed by atoms with van der Waals surface area (Å²) in [5.41, 5.74) is -8.34. The van der Waals surface area contributed by atoms with Crippen molar-refractivity contribution in [3.8, 4) is 5.75 Å². The lowest BCUT2D eigenvalue weighted by atomic mass is 9.89. The van der Waals surface area contributed by atoms with Crippen molar-refractivity contribution < 1.29 is 49.0 Å². The van der Waals surface area contributed by atoms with Gasteiger partial charge in [-0.2, -0.15) is 39.5 Å². The maximum absolute atomic E-state index is 13.2. The van der Waals surface area contributed by atoms with Gasteiger partial charge in [-0.25, -0.2) is 0 Å². The number of hydrogen-bond donors (Lipinski definition) is 1. The highest BCUT2D eigenvalue weighted by Gasteiger charge is 2.73. The summed E-state index contributed by atoms with van der Waals surface area (Å²) in [4.78, 5) is 11.8. The van der Waals surface area contributed by atoms with Crippen molar-refractivity contribution in [2.45, 2.75) is 24.1 Å². The first-order valence-electron chi connectivity index (χ1n) is 6.63. The fourth-order valence-electron chi connectivity index (χ4n) is 2.25. The van der Waals surface area contributed by atoms with E-state index in [1.165, 1.54) is 0 Å². The summed E-state index contributed by atoms with van der Waals surface area (Å²) in [6.07, 6.45) is -17.6. The molecule has 1 heterocycles. The van der Waals surface area contributed by atoms with Crippen LogP contribution in [-0.4, -0.2) is 30.9 Å². The molecular formula is C14H8F9NO2. The Hall–Kier alpha value is -2.40. The maximum atomic E-state index is 13.2. The molecule has 144 valence electrons. The summed E-state index contributed by atoms with van der Waals surface area (Å²) < 4.78 is 122. The Balaban J connectivity index is 2.81. The van der Waals surface area contributed by atoms with Crippen LogP contribution >= 0.6 is 0 Å². The van der Waals surface area contributed by atoms with E-state index in [2.05, 4.69) is 4.74 Å². The second-order valence-electron chi connectivity index (χ2n) is 5.18. The zero-order valence-corrected chi connectivity index (χ0v) is 12.5. The Kier molecular flexibility index (Phi) is 4.45. The third kappa shape index (κ3) is 3.07. The molecule has 0 unspecified atom stereocenters. The quantitative estimate of drug-likeness (QED) is 0.730. The van der Waals surface area contributed by atoms with Crippen LogP contribution < -0.4 is 10.1 Å². The number of amides is 1. The smallest absolute Gasteiger partial charge is 0.441 e. The van der Waals surface area contributed by atoms with E-state index in [0.717, 1.165) is 7.05 Å². The third-order valence-corrected chi connectivity index (χ3v) is 3.53. The molecule has 0 aromatic heterocycles. The molecule has 1 aromatic carbocycles. The summed E-state index contributed by atoms with van der Waals surface area (Å²) in [6, 6.07) is 0.802. The fraction of sp³-hybridized carbons (Fsp3) is 0.357. The van der Waals surface area contributed by atoms with Gasteiger partial charge in [0.15, 0.2) is 0 Å². The standard InChI is InChI=1S/C14H8F9NO2/c1-24-10(25)8-5-11(13(18,19)20,14(21,22)23)26-9-3-2-6(4-7(8)9)12(15,16)17/h2-5H,1H3,(H,24,25). The van der Waals surface area contributed by atoms with Gasteiger partial charge in [0, 0.05) is 12.6 Å². The van der Waals surface area contributed by atoms with Crippen LogP contribution in [0.15, 0.2) is 24.3 Å². The summed E-state index contributed by atoms with van der Waals surface area (Å²) >= 11 is 0. The molecule has 0 radical (unpaired) electrons. The average Bonchev–Trinajstić information content (AvgIpc) is 2.49. The number of benzene rings is 1. The highest BCUT2D eigenvalue weighted by atomic mass is 19.4. The van der Waals surface area contributed by atoms with Gasteiger partial charge in [0.05, 0.1) is 11.1 Å². The van der Waals surface area contributed by atoms with Crippen LogP contribution in [-0.2, 0) is 11.0 Å². The van der Waals surface area contributed by atoms with Crippen molar-refractivity contribution in [1.29, 1.82) is 0 Å². The van der Waals surface area contributed by atoms with Gasteiger partial charge in [0.2, 0.25) is 0 Å². The molecule has 1 aliphatic rings. The number of hydrogen-bond acceptors (Lipinski definition) is 2. The monoisotopic (exact) mass is 393 g/mol. The van der Waals surface area contributed by atoms with E-state index in [9.17, 15) is 44.3 Å². The van der Waals surface area contributed by atoms with Gasteiger partial charge in [-0.1, -0.05) is 0 Å². The van der Waals surface area contributed by atoms with E-state index in [4.69, 9.17) is 0 Å². The SMILES string of the molecule is CNC(=O)C1=CC(C(F)(F)F)(C(F)(F)F)Oc2ccc(C(F)(F)F)cc21. The second kappa shape index (κ2) is 5.81. The zero-order valence-electron chi connectivity index (χ0n) is 12.5. The van der Waals surface area contributed by atoms with Crippen molar-refractivity contribution in [1.82, 2.24) is 5.32 Å². The molecule has 0 atom stereocenters. The number of fused-ring (bicyclic) bond motifs is 1. The molecule has 1 aliphatic heterocycles. The molecule has 0 saturated carbocycles. The minimum Gasteiger partial charge on any atom is -0.464 e. The molecule has 1 aromatic rings. The Bertz CT molecular complexity index is 745.